The molecule has 0 unspecified atom stereocenters. The minimum atomic E-state index is -0.490. The third kappa shape index (κ3) is 8.49. The lowest BCUT2D eigenvalue weighted by molar-refractivity contribution is -0.123. The van der Waals surface area contributed by atoms with E-state index in [2.05, 4.69) is 16.2 Å². The van der Waals surface area contributed by atoms with E-state index >= 15 is 0 Å². The van der Waals surface area contributed by atoms with E-state index in [0.717, 1.165) is 0 Å². The summed E-state index contributed by atoms with van der Waals surface area (Å²) in [5.74, 6) is 0.645. The molecule has 3 N–H and O–H groups in total. The van der Waals surface area contributed by atoms with E-state index in [1.165, 1.54) is 7.11 Å². The molecule has 0 spiro atoms. The van der Waals surface area contributed by atoms with Crippen molar-refractivity contribution in [2.75, 3.05) is 33.5 Å². The van der Waals surface area contributed by atoms with Crippen LogP contribution in [0.4, 0.5) is 0 Å². The maximum Gasteiger partial charge on any atom is 0.276 e. The second kappa shape index (κ2) is 13.0. The van der Waals surface area contributed by atoms with Gasteiger partial charge in [0.2, 0.25) is 0 Å². The van der Waals surface area contributed by atoms with Crippen LogP contribution in [0.3, 0.4) is 0 Å². The lowest BCUT2D eigenvalue weighted by atomic mass is 10.2. The van der Waals surface area contributed by atoms with Crippen LogP contribution in [-0.4, -0.2) is 50.5 Å². The molecule has 0 fully saturated rings. The van der Waals surface area contributed by atoms with Crippen molar-refractivity contribution in [3.8, 4) is 17.2 Å². The molecule has 2 amide bonds. The molecule has 0 saturated heterocycles. The Kier molecular flexibility index (Phi) is 10.1. The molecule has 2 rings (SSSR count). The van der Waals surface area contributed by atoms with Gasteiger partial charge in [-0.25, -0.2) is 0 Å². The Morgan fingerprint density at radius 2 is 1.65 bits per heavy atom. The molecular formula is C21H25N3O6S. The fourth-order valence-electron chi connectivity index (χ4n) is 2.32. The summed E-state index contributed by atoms with van der Waals surface area (Å²) in [6.07, 6.45) is 0. The first-order valence-electron chi connectivity index (χ1n) is 9.50. The summed E-state index contributed by atoms with van der Waals surface area (Å²) in [7, 11) is 1.51. The van der Waals surface area contributed by atoms with Gasteiger partial charge in [0.15, 0.2) is 23.2 Å². The van der Waals surface area contributed by atoms with Gasteiger partial charge in [0.05, 0.1) is 13.7 Å². The fraction of sp³-hybridized carbons (Fsp3) is 0.286. The summed E-state index contributed by atoms with van der Waals surface area (Å²) < 4.78 is 21.2. The van der Waals surface area contributed by atoms with Gasteiger partial charge in [0.25, 0.3) is 11.8 Å². The van der Waals surface area contributed by atoms with E-state index in [4.69, 9.17) is 31.2 Å². The smallest absolute Gasteiger partial charge is 0.276 e. The molecule has 10 heteroatoms. The first kappa shape index (κ1) is 23.9. The van der Waals surface area contributed by atoms with Crippen molar-refractivity contribution in [2.45, 2.75) is 6.92 Å². The minimum absolute atomic E-state index is 0.0623. The minimum Gasteiger partial charge on any atom is -0.493 e. The molecule has 0 aliphatic heterocycles. The van der Waals surface area contributed by atoms with Crippen LogP contribution in [-0.2, 0) is 9.53 Å². The van der Waals surface area contributed by atoms with Crippen molar-refractivity contribution in [3.63, 3.8) is 0 Å². The summed E-state index contributed by atoms with van der Waals surface area (Å²) in [4.78, 5) is 24.1. The number of carbonyl (C=O) groups is 2. The number of para-hydroxylation sites is 2. The molecule has 0 aliphatic rings. The van der Waals surface area contributed by atoms with Gasteiger partial charge >= 0.3 is 0 Å². The Morgan fingerprint density at radius 1 is 0.935 bits per heavy atom. The van der Waals surface area contributed by atoms with E-state index < -0.39 is 11.8 Å². The number of hydrogen-bond acceptors (Lipinski definition) is 7. The van der Waals surface area contributed by atoms with Crippen LogP contribution >= 0.6 is 12.2 Å². The number of carbonyl (C=O) groups excluding carboxylic acids is 2. The van der Waals surface area contributed by atoms with Gasteiger partial charge in [-0.3, -0.25) is 25.8 Å². The molecule has 2 aromatic rings. The van der Waals surface area contributed by atoms with Crippen molar-refractivity contribution >= 4 is 29.1 Å². The fourth-order valence-corrected chi connectivity index (χ4v) is 2.46. The van der Waals surface area contributed by atoms with Gasteiger partial charge in [-0.2, -0.15) is 0 Å². The molecule has 31 heavy (non-hydrogen) atoms. The van der Waals surface area contributed by atoms with Crippen LogP contribution in [0.1, 0.15) is 17.3 Å². The zero-order valence-corrected chi connectivity index (χ0v) is 18.1. The van der Waals surface area contributed by atoms with Crippen LogP contribution in [0.2, 0.25) is 0 Å². The number of rotatable bonds is 10. The summed E-state index contributed by atoms with van der Waals surface area (Å²) in [5, 5.41) is 2.41. The van der Waals surface area contributed by atoms with Gasteiger partial charge in [-0.05, 0) is 55.5 Å². The number of methoxy groups -OCH3 is 1. The number of nitrogens with one attached hydrogen (secondary N) is 3. The number of hydrazine groups is 1. The lowest BCUT2D eigenvalue weighted by Crippen LogP contribution is -2.49. The molecule has 0 heterocycles. The first-order chi connectivity index (χ1) is 15.0. The Hall–Kier alpha value is -3.37. The van der Waals surface area contributed by atoms with Gasteiger partial charge in [-0.1, -0.05) is 12.1 Å². The first-order valence-corrected chi connectivity index (χ1v) is 9.91. The van der Waals surface area contributed by atoms with Crippen molar-refractivity contribution < 1.29 is 28.5 Å². The molecule has 0 aromatic heterocycles. The lowest BCUT2D eigenvalue weighted by Gasteiger charge is -2.13. The third-order valence-corrected chi connectivity index (χ3v) is 3.99. The van der Waals surface area contributed by atoms with Crippen molar-refractivity contribution in [3.05, 3.63) is 54.1 Å². The van der Waals surface area contributed by atoms with Gasteiger partial charge in [0, 0.05) is 12.2 Å². The van der Waals surface area contributed by atoms with Crippen LogP contribution in [0.5, 0.6) is 17.2 Å². The average molecular weight is 448 g/mol. The van der Waals surface area contributed by atoms with Gasteiger partial charge in [-0.15, -0.1) is 0 Å². The van der Waals surface area contributed by atoms with Gasteiger partial charge in [0.1, 0.15) is 12.4 Å². The van der Waals surface area contributed by atoms with E-state index in [9.17, 15) is 9.59 Å². The number of thiocarbonyl (C=S) groups is 1. The number of benzene rings is 2. The van der Waals surface area contributed by atoms with Gasteiger partial charge < -0.3 is 18.9 Å². The predicted molar refractivity (Wildman–Crippen MR) is 118 cm³/mol. The highest BCUT2D eigenvalue weighted by molar-refractivity contribution is 7.80. The Bertz CT molecular complexity index is 876. The maximum atomic E-state index is 12.2. The molecule has 0 saturated carbocycles. The molecule has 9 nitrogen and oxygen atoms in total. The Morgan fingerprint density at radius 3 is 2.32 bits per heavy atom. The standard InChI is InChI=1S/C21H25N3O6S/c1-3-28-12-13-29-16-10-8-15(9-11-16)20(26)22-21(31)24-23-19(25)14-30-18-7-5-4-6-17(18)27-2/h4-11H,3,12-14H2,1-2H3,(H,23,25)(H2,22,24,26,31). The normalized spacial score (nSPS) is 10.0. The van der Waals surface area contributed by atoms with E-state index in [-0.39, 0.29) is 11.7 Å². The highest BCUT2D eigenvalue weighted by Gasteiger charge is 2.10. The molecule has 166 valence electrons. The maximum absolute atomic E-state index is 12.2. The molecule has 0 aliphatic carbocycles. The monoisotopic (exact) mass is 447 g/mol. The second-order valence-corrected chi connectivity index (χ2v) is 6.37. The molecule has 2 aromatic carbocycles. The topological polar surface area (TPSA) is 107 Å². The quantitative estimate of drug-likeness (QED) is 0.288. The molecular weight excluding hydrogens is 422 g/mol. The van der Waals surface area contributed by atoms with Crippen LogP contribution in [0, 0.1) is 0 Å². The Labute approximate surface area is 186 Å². The Balaban J connectivity index is 1.71. The molecule has 0 bridgehead atoms. The zero-order valence-electron chi connectivity index (χ0n) is 17.3. The largest absolute Gasteiger partial charge is 0.493 e. The van der Waals surface area contributed by atoms with E-state index in [0.29, 0.717) is 42.6 Å². The molecule has 0 radical (unpaired) electrons. The molecule has 0 atom stereocenters. The zero-order chi connectivity index (χ0) is 22.5. The SMILES string of the molecule is CCOCCOc1ccc(C(=O)NC(=S)NNC(=O)COc2ccccc2OC)cc1. The average Bonchev–Trinajstić information content (AvgIpc) is 2.79. The summed E-state index contributed by atoms with van der Waals surface area (Å²) in [6.45, 7) is 3.19. The van der Waals surface area contributed by atoms with Crippen molar-refractivity contribution in [2.24, 2.45) is 0 Å². The summed E-state index contributed by atoms with van der Waals surface area (Å²) >= 11 is 5.02. The summed E-state index contributed by atoms with van der Waals surface area (Å²) in [5.41, 5.74) is 5.18. The summed E-state index contributed by atoms with van der Waals surface area (Å²) in [6, 6.07) is 13.5. The van der Waals surface area contributed by atoms with Crippen LogP contribution in [0.25, 0.3) is 0 Å². The number of hydrogen-bond donors (Lipinski definition) is 3. The predicted octanol–water partition coefficient (Wildman–Crippen LogP) is 1.83. The van der Waals surface area contributed by atoms with E-state index in [1.54, 1.807) is 48.5 Å². The van der Waals surface area contributed by atoms with Crippen molar-refractivity contribution in [1.29, 1.82) is 0 Å². The third-order valence-electron chi connectivity index (χ3n) is 3.79. The van der Waals surface area contributed by atoms with Crippen LogP contribution < -0.4 is 30.4 Å². The van der Waals surface area contributed by atoms with E-state index in [1.807, 2.05) is 6.92 Å². The number of ether oxygens (including phenoxy) is 4. The van der Waals surface area contributed by atoms with Crippen LogP contribution in [0.15, 0.2) is 48.5 Å². The number of amides is 2. The van der Waals surface area contributed by atoms with Crippen molar-refractivity contribution in [1.82, 2.24) is 16.2 Å². The highest BCUT2D eigenvalue weighted by Crippen LogP contribution is 2.25. The highest BCUT2D eigenvalue weighted by atomic mass is 32.1. The second-order valence-electron chi connectivity index (χ2n) is 5.97.